The number of rotatable bonds is 5. The normalized spacial score (nSPS) is 20.3. The minimum Gasteiger partial charge on any atom is -0.469 e. The van der Waals surface area contributed by atoms with Crippen molar-refractivity contribution in [1.29, 1.82) is 5.26 Å². The van der Waals surface area contributed by atoms with Gasteiger partial charge < -0.3 is 10.1 Å². The Morgan fingerprint density at radius 2 is 2.13 bits per heavy atom. The summed E-state index contributed by atoms with van der Waals surface area (Å²) < 4.78 is 4.76. The first-order valence-corrected chi connectivity index (χ1v) is 7.55. The highest BCUT2D eigenvalue weighted by Gasteiger charge is 2.27. The Balaban J connectivity index is 1.93. The van der Waals surface area contributed by atoms with Gasteiger partial charge >= 0.3 is 5.97 Å². The number of nitrogens with one attached hydrogen (secondary N) is 1. The predicted molar refractivity (Wildman–Crippen MR) is 83.8 cm³/mol. The van der Waals surface area contributed by atoms with Gasteiger partial charge in [0.05, 0.1) is 29.6 Å². The van der Waals surface area contributed by atoms with Crippen LogP contribution in [-0.2, 0) is 9.53 Å². The molecule has 1 N–H and O–H groups in total. The van der Waals surface area contributed by atoms with E-state index in [9.17, 15) is 14.9 Å². The summed E-state index contributed by atoms with van der Waals surface area (Å²) in [6.45, 7) is 0.612. The van der Waals surface area contributed by atoms with E-state index in [4.69, 9.17) is 10.00 Å². The van der Waals surface area contributed by atoms with Gasteiger partial charge in [0.15, 0.2) is 0 Å². The van der Waals surface area contributed by atoms with E-state index in [0.29, 0.717) is 18.2 Å². The molecule has 122 valence electrons. The van der Waals surface area contributed by atoms with Crippen LogP contribution in [0.25, 0.3) is 0 Å². The van der Waals surface area contributed by atoms with Crippen molar-refractivity contribution in [3.05, 3.63) is 33.9 Å². The summed E-state index contributed by atoms with van der Waals surface area (Å²) in [6, 6.07) is 6.30. The van der Waals surface area contributed by atoms with Crippen LogP contribution in [0.5, 0.6) is 0 Å². The Kier molecular flexibility index (Phi) is 5.52. The number of nitro groups is 1. The number of carbonyl (C=O) groups excluding carboxylic acids is 1. The van der Waals surface area contributed by atoms with Crippen molar-refractivity contribution in [2.45, 2.75) is 25.7 Å². The molecule has 7 nitrogen and oxygen atoms in total. The Morgan fingerprint density at radius 1 is 1.43 bits per heavy atom. The number of methoxy groups -OCH3 is 1. The quantitative estimate of drug-likeness (QED) is 0.508. The van der Waals surface area contributed by atoms with Crippen molar-refractivity contribution in [2.75, 3.05) is 19.0 Å². The first kappa shape index (κ1) is 16.7. The molecule has 0 radical (unpaired) electrons. The average molecular weight is 317 g/mol. The molecule has 0 aromatic heterocycles. The third-order valence-corrected chi connectivity index (χ3v) is 4.29. The third kappa shape index (κ3) is 4.19. The molecule has 23 heavy (non-hydrogen) atoms. The summed E-state index contributed by atoms with van der Waals surface area (Å²) in [4.78, 5) is 22.1. The van der Waals surface area contributed by atoms with Crippen LogP contribution in [0.3, 0.4) is 0 Å². The zero-order chi connectivity index (χ0) is 16.8. The maximum atomic E-state index is 11.5. The van der Waals surface area contributed by atoms with Crippen LogP contribution in [0, 0.1) is 33.3 Å². The van der Waals surface area contributed by atoms with Crippen LogP contribution in [0.15, 0.2) is 18.2 Å². The molecule has 0 aliphatic heterocycles. The van der Waals surface area contributed by atoms with Gasteiger partial charge in [-0.1, -0.05) is 0 Å². The molecule has 0 heterocycles. The maximum Gasteiger partial charge on any atom is 0.308 e. The van der Waals surface area contributed by atoms with Crippen LogP contribution >= 0.6 is 0 Å². The molecule has 0 bridgehead atoms. The predicted octanol–water partition coefficient (Wildman–Crippen LogP) is 2.86. The summed E-state index contributed by atoms with van der Waals surface area (Å²) in [5, 5.41) is 23.0. The number of benzene rings is 1. The first-order chi connectivity index (χ1) is 11.0. The van der Waals surface area contributed by atoms with Crippen LogP contribution in [0.4, 0.5) is 11.4 Å². The number of carbonyl (C=O) groups is 1. The van der Waals surface area contributed by atoms with Gasteiger partial charge in [0.1, 0.15) is 5.69 Å². The van der Waals surface area contributed by atoms with Gasteiger partial charge in [0.25, 0.3) is 5.69 Å². The minimum absolute atomic E-state index is 0.0273. The number of hydrogen-bond acceptors (Lipinski definition) is 6. The Hall–Kier alpha value is -2.62. The van der Waals surface area contributed by atoms with Gasteiger partial charge in [-0.25, -0.2) is 0 Å². The maximum absolute atomic E-state index is 11.5. The van der Waals surface area contributed by atoms with E-state index in [1.165, 1.54) is 13.2 Å². The lowest BCUT2D eigenvalue weighted by atomic mass is 9.82. The molecule has 0 unspecified atom stereocenters. The van der Waals surface area contributed by atoms with Crippen molar-refractivity contribution in [3.63, 3.8) is 0 Å². The zero-order valence-electron chi connectivity index (χ0n) is 12.9. The molecule has 2 rings (SSSR count). The standard InChI is InChI=1S/C16H19N3O4/c1-23-16(20)13-5-2-11(3-6-13)10-18-14-7-4-12(9-17)8-15(14)19(21)22/h4,7-8,11,13,18H,2-3,5-6,10H2,1H3. The van der Waals surface area contributed by atoms with Gasteiger partial charge in [-0.05, 0) is 43.7 Å². The van der Waals surface area contributed by atoms with E-state index in [1.54, 1.807) is 12.1 Å². The Labute approximate surface area is 134 Å². The van der Waals surface area contributed by atoms with Gasteiger partial charge in [0.2, 0.25) is 0 Å². The number of nitro benzene ring substituents is 1. The zero-order valence-corrected chi connectivity index (χ0v) is 12.9. The van der Waals surface area contributed by atoms with Crippen LogP contribution < -0.4 is 5.32 Å². The van der Waals surface area contributed by atoms with Crippen molar-refractivity contribution in [1.82, 2.24) is 0 Å². The number of ether oxygens (including phenoxy) is 1. The van der Waals surface area contributed by atoms with E-state index in [2.05, 4.69) is 5.32 Å². The highest BCUT2D eigenvalue weighted by atomic mass is 16.6. The molecule has 1 aliphatic rings. The molecule has 1 saturated carbocycles. The highest BCUT2D eigenvalue weighted by molar-refractivity contribution is 5.72. The number of nitrogens with zero attached hydrogens (tertiary/aromatic N) is 2. The topological polar surface area (TPSA) is 105 Å². The monoisotopic (exact) mass is 317 g/mol. The minimum atomic E-state index is -0.489. The Morgan fingerprint density at radius 3 is 2.70 bits per heavy atom. The van der Waals surface area contributed by atoms with E-state index >= 15 is 0 Å². The fourth-order valence-electron chi connectivity index (χ4n) is 2.92. The number of hydrogen-bond donors (Lipinski definition) is 1. The van der Waals surface area contributed by atoms with Crippen molar-refractivity contribution >= 4 is 17.3 Å². The second kappa shape index (κ2) is 7.58. The molecular weight excluding hydrogens is 298 g/mol. The fraction of sp³-hybridized carbons (Fsp3) is 0.500. The van der Waals surface area contributed by atoms with Crippen molar-refractivity contribution < 1.29 is 14.5 Å². The van der Waals surface area contributed by atoms with E-state index < -0.39 is 4.92 Å². The molecule has 0 amide bonds. The molecule has 1 aromatic rings. The Bertz CT molecular complexity index is 631. The lowest BCUT2D eigenvalue weighted by molar-refractivity contribution is -0.384. The summed E-state index contributed by atoms with van der Waals surface area (Å²) in [7, 11) is 1.40. The molecule has 1 aromatic carbocycles. The van der Waals surface area contributed by atoms with Crippen molar-refractivity contribution in [2.24, 2.45) is 11.8 Å². The average Bonchev–Trinajstić information content (AvgIpc) is 2.59. The van der Waals surface area contributed by atoms with Gasteiger partial charge in [-0.2, -0.15) is 5.26 Å². The van der Waals surface area contributed by atoms with E-state index in [1.807, 2.05) is 6.07 Å². The summed E-state index contributed by atoms with van der Waals surface area (Å²) >= 11 is 0. The largest absolute Gasteiger partial charge is 0.469 e. The lowest BCUT2D eigenvalue weighted by Crippen LogP contribution is -2.26. The SMILES string of the molecule is COC(=O)C1CCC(CNc2ccc(C#N)cc2[N+](=O)[O-])CC1. The second-order valence-corrected chi connectivity index (χ2v) is 5.72. The summed E-state index contributed by atoms with van der Waals surface area (Å²) in [6.07, 6.45) is 3.34. The molecule has 0 spiro atoms. The number of esters is 1. The molecule has 1 aliphatic carbocycles. The third-order valence-electron chi connectivity index (χ3n) is 4.29. The van der Waals surface area contributed by atoms with Crippen LogP contribution in [0.2, 0.25) is 0 Å². The van der Waals surface area contributed by atoms with Gasteiger partial charge in [-0.15, -0.1) is 0 Å². The van der Waals surface area contributed by atoms with Crippen LogP contribution in [-0.4, -0.2) is 24.5 Å². The first-order valence-electron chi connectivity index (χ1n) is 7.55. The number of nitriles is 1. The molecule has 0 saturated heterocycles. The summed E-state index contributed by atoms with van der Waals surface area (Å²) in [5.74, 6) is 0.186. The van der Waals surface area contributed by atoms with Gasteiger partial charge in [-0.3, -0.25) is 14.9 Å². The van der Waals surface area contributed by atoms with E-state index in [-0.39, 0.29) is 23.1 Å². The fourth-order valence-corrected chi connectivity index (χ4v) is 2.92. The van der Waals surface area contributed by atoms with Gasteiger partial charge in [0, 0.05) is 12.6 Å². The molecule has 7 heteroatoms. The molecule has 1 fully saturated rings. The highest BCUT2D eigenvalue weighted by Crippen LogP contribution is 2.31. The second-order valence-electron chi connectivity index (χ2n) is 5.72. The smallest absolute Gasteiger partial charge is 0.308 e. The van der Waals surface area contributed by atoms with Crippen molar-refractivity contribution in [3.8, 4) is 6.07 Å². The van der Waals surface area contributed by atoms with Crippen LogP contribution in [0.1, 0.15) is 31.2 Å². The van der Waals surface area contributed by atoms with E-state index in [0.717, 1.165) is 25.7 Å². The lowest BCUT2D eigenvalue weighted by Gasteiger charge is -2.27. The summed E-state index contributed by atoms with van der Waals surface area (Å²) in [5.41, 5.74) is 0.595. The molecular formula is C16H19N3O4. The number of anilines is 1. The molecule has 0 atom stereocenters.